The molecule has 2 rings (SSSR count). The Morgan fingerprint density at radius 1 is 1.29 bits per heavy atom. The van der Waals surface area contributed by atoms with Crippen molar-refractivity contribution < 1.29 is 9.53 Å². The van der Waals surface area contributed by atoms with Gasteiger partial charge in [-0.05, 0) is 38.3 Å². The highest BCUT2D eigenvalue weighted by atomic mass is 32.1. The van der Waals surface area contributed by atoms with Crippen LogP contribution in [0.5, 0.6) is 0 Å². The number of carbonyl (C=O) groups excluding carboxylic acids is 1. The molecule has 0 radical (unpaired) electrons. The van der Waals surface area contributed by atoms with Crippen LogP contribution in [0.25, 0.3) is 0 Å². The summed E-state index contributed by atoms with van der Waals surface area (Å²) < 4.78 is 5.28. The van der Waals surface area contributed by atoms with Gasteiger partial charge in [-0.1, -0.05) is 32.6 Å². The van der Waals surface area contributed by atoms with E-state index in [1.807, 2.05) is 6.92 Å². The first-order chi connectivity index (χ1) is 10.2. The number of aryl methyl sites for hydroxylation is 1. The van der Waals surface area contributed by atoms with E-state index in [9.17, 15) is 4.79 Å². The van der Waals surface area contributed by atoms with E-state index in [1.54, 1.807) is 11.3 Å². The van der Waals surface area contributed by atoms with Crippen molar-refractivity contribution >= 4 is 17.3 Å². The van der Waals surface area contributed by atoms with E-state index in [0.717, 1.165) is 11.3 Å². The van der Waals surface area contributed by atoms with E-state index < -0.39 is 0 Å². The SMILES string of the molecule is CCOC(=O)C(NC1CCCCCC1)c1ccc(CC)s1. The van der Waals surface area contributed by atoms with Gasteiger partial charge >= 0.3 is 5.97 Å². The lowest BCUT2D eigenvalue weighted by atomic mass is 10.1. The molecule has 1 fully saturated rings. The molecular formula is C17H27NO2S. The molecule has 1 aliphatic rings. The summed E-state index contributed by atoms with van der Waals surface area (Å²) in [6.45, 7) is 4.45. The van der Waals surface area contributed by atoms with Crippen molar-refractivity contribution in [3.63, 3.8) is 0 Å². The Labute approximate surface area is 132 Å². The fraction of sp³-hybridized carbons (Fsp3) is 0.706. The van der Waals surface area contributed by atoms with Crippen LogP contribution in [-0.4, -0.2) is 18.6 Å². The molecule has 1 unspecified atom stereocenters. The molecule has 1 atom stereocenters. The molecule has 0 aliphatic heterocycles. The topological polar surface area (TPSA) is 38.3 Å². The normalized spacial score (nSPS) is 18.2. The third kappa shape index (κ3) is 4.82. The number of hydrogen-bond acceptors (Lipinski definition) is 4. The van der Waals surface area contributed by atoms with Crippen molar-refractivity contribution in [3.8, 4) is 0 Å². The molecule has 1 saturated carbocycles. The van der Waals surface area contributed by atoms with Gasteiger partial charge in [-0.15, -0.1) is 11.3 Å². The molecule has 1 N–H and O–H groups in total. The number of ether oxygens (including phenoxy) is 1. The summed E-state index contributed by atoms with van der Waals surface area (Å²) in [4.78, 5) is 14.7. The Morgan fingerprint density at radius 3 is 2.57 bits per heavy atom. The Bertz CT molecular complexity index is 436. The minimum absolute atomic E-state index is 0.133. The Hall–Kier alpha value is -0.870. The number of hydrogen-bond donors (Lipinski definition) is 1. The summed E-state index contributed by atoms with van der Waals surface area (Å²) in [6, 6.07) is 4.35. The highest BCUT2D eigenvalue weighted by Gasteiger charge is 2.26. The maximum Gasteiger partial charge on any atom is 0.328 e. The molecule has 0 spiro atoms. The van der Waals surface area contributed by atoms with Gasteiger partial charge in [0.25, 0.3) is 0 Å². The molecule has 0 aromatic carbocycles. The first kappa shape index (κ1) is 16.5. The van der Waals surface area contributed by atoms with Gasteiger partial charge in [0, 0.05) is 15.8 Å². The second kappa shape index (κ2) is 8.54. The third-order valence-corrected chi connectivity index (χ3v) is 5.39. The van der Waals surface area contributed by atoms with Crippen LogP contribution in [0.1, 0.15) is 68.2 Å². The zero-order valence-electron chi connectivity index (χ0n) is 13.2. The summed E-state index contributed by atoms with van der Waals surface area (Å²) in [5.74, 6) is -0.133. The van der Waals surface area contributed by atoms with Gasteiger partial charge in [-0.2, -0.15) is 0 Å². The smallest absolute Gasteiger partial charge is 0.328 e. The largest absolute Gasteiger partial charge is 0.465 e. The van der Waals surface area contributed by atoms with Gasteiger partial charge in [0.05, 0.1) is 6.61 Å². The molecule has 1 aromatic heterocycles. The zero-order chi connectivity index (χ0) is 15.1. The quantitative estimate of drug-likeness (QED) is 0.631. The Morgan fingerprint density at radius 2 is 2.00 bits per heavy atom. The van der Waals surface area contributed by atoms with E-state index >= 15 is 0 Å². The summed E-state index contributed by atoms with van der Waals surface area (Å²) >= 11 is 1.73. The van der Waals surface area contributed by atoms with Gasteiger partial charge in [-0.25, -0.2) is 4.79 Å². The van der Waals surface area contributed by atoms with E-state index in [1.165, 1.54) is 43.4 Å². The molecule has 0 amide bonds. The average molecular weight is 309 g/mol. The number of carbonyl (C=O) groups is 1. The molecule has 1 aliphatic carbocycles. The molecule has 4 heteroatoms. The van der Waals surface area contributed by atoms with Gasteiger partial charge in [0.2, 0.25) is 0 Å². The van der Waals surface area contributed by atoms with Crippen LogP contribution >= 0.6 is 11.3 Å². The number of esters is 1. The highest BCUT2D eigenvalue weighted by molar-refractivity contribution is 7.12. The first-order valence-corrected chi connectivity index (χ1v) is 9.07. The lowest BCUT2D eigenvalue weighted by Gasteiger charge is -2.23. The maximum atomic E-state index is 12.3. The highest BCUT2D eigenvalue weighted by Crippen LogP contribution is 2.27. The first-order valence-electron chi connectivity index (χ1n) is 8.25. The molecule has 0 bridgehead atoms. The maximum absolute atomic E-state index is 12.3. The fourth-order valence-electron chi connectivity index (χ4n) is 2.91. The molecule has 3 nitrogen and oxygen atoms in total. The van der Waals surface area contributed by atoms with Crippen LogP contribution in [0.2, 0.25) is 0 Å². The lowest BCUT2D eigenvalue weighted by molar-refractivity contribution is -0.146. The van der Waals surface area contributed by atoms with Crippen molar-refractivity contribution in [2.75, 3.05) is 6.61 Å². The minimum Gasteiger partial charge on any atom is -0.465 e. The predicted molar refractivity (Wildman–Crippen MR) is 87.7 cm³/mol. The fourth-order valence-corrected chi connectivity index (χ4v) is 3.91. The van der Waals surface area contributed by atoms with Gasteiger partial charge in [-0.3, -0.25) is 5.32 Å². The molecule has 1 heterocycles. The molecule has 21 heavy (non-hydrogen) atoms. The van der Waals surface area contributed by atoms with Crippen LogP contribution in [0.4, 0.5) is 0 Å². The van der Waals surface area contributed by atoms with Crippen molar-refractivity contribution in [1.29, 1.82) is 0 Å². The summed E-state index contributed by atoms with van der Waals surface area (Å²) in [5, 5.41) is 3.57. The second-order valence-corrected chi connectivity index (χ2v) is 6.90. The summed E-state index contributed by atoms with van der Waals surface area (Å²) in [7, 11) is 0. The zero-order valence-corrected chi connectivity index (χ0v) is 14.0. The third-order valence-electron chi connectivity index (χ3n) is 4.10. The Balaban J connectivity index is 2.09. The molecule has 1 aromatic rings. The van der Waals surface area contributed by atoms with Gasteiger partial charge in [0.1, 0.15) is 6.04 Å². The van der Waals surface area contributed by atoms with E-state index in [-0.39, 0.29) is 12.0 Å². The standard InChI is InChI=1S/C17H27NO2S/c1-3-14-11-12-15(21-14)16(17(19)20-4-2)18-13-9-7-5-6-8-10-13/h11-13,16,18H,3-10H2,1-2H3. The number of thiophene rings is 1. The van der Waals surface area contributed by atoms with Crippen LogP contribution < -0.4 is 5.32 Å². The lowest BCUT2D eigenvalue weighted by Crippen LogP contribution is -2.37. The van der Waals surface area contributed by atoms with E-state index in [0.29, 0.717) is 12.6 Å². The predicted octanol–water partition coefficient (Wildman–Crippen LogP) is 4.23. The Kier molecular flexibility index (Phi) is 6.71. The molecule has 118 valence electrons. The minimum atomic E-state index is -0.293. The number of rotatable bonds is 6. The average Bonchev–Trinajstić information content (AvgIpc) is 2.81. The monoisotopic (exact) mass is 309 g/mol. The van der Waals surface area contributed by atoms with Crippen molar-refractivity contribution in [3.05, 3.63) is 21.9 Å². The number of nitrogens with one attached hydrogen (secondary N) is 1. The van der Waals surface area contributed by atoms with Crippen LogP contribution in [-0.2, 0) is 16.0 Å². The van der Waals surface area contributed by atoms with Crippen LogP contribution in [0, 0.1) is 0 Å². The van der Waals surface area contributed by atoms with Gasteiger partial charge in [0.15, 0.2) is 0 Å². The van der Waals surface area contributed by atoms with Crippen molar-refractivity contribution in [1.82, 2.24) is 5.32 Å². The van der Waals surface area contributed by atoms with Crippen LogP contribution in [0.3, 0.4) is 0 Å². The van der Waals surface area contributed by atoms with Crippen LogP contribution in [0.15, 0.2) is 12.1 Å². The van der Waals surface area contributed by atoms with Crippen molar-refractivity contribution in [2.45, 2.75) is 70.9 Å². The van der Waals surface area contributed by atoms with Crippen molar-refractivity contribution in [2.24, 2.45) is 0 Å². The summed E-state index contributed by atoms with van der Waals surface area (Å²) in [6.07, 6.45) is 8.52. The molecule has 0 saturated heterocycles. The summed E-state index contributed by atoms with van der Waals surface area (Å²) in [5.41, 5.74) is 0. The van der Waals surface area contributed by atoms with E-state index in [2.05, 4.69) is 24.4 Å². The molecular weight excluding hydrogens is 282 g/mol. The van der Waals surface area contributed by atoms with Gasteiger partial charge < -0.3 is 4.74 Å². The second-order valence-electron chi connectivity index (χ2n) is 5.70. The van der Waals surface area contributed by atoms with E-state index in [4.69, 9.17) is 4.74 Å².